The van der Waals surface area contributed by atoms with Crippen molar-refractivity contribution in [3.05, 3.63) is 34.3 Å². The molecule has 0 fully saturated rings. The molecule has 0 aliphatic rings. The highest BCUT2D eigenvalue weighted by Gasteiger charge is 2.24. The van der Waals surface area contributed by atoms with Gasteiger partial charge >= 0.3 is 0 Å². The molecule has 0 bridgehead atoms. The number of benzene rings is 1. The summed E-state index contributed by atoms with van der Waals surface area (Å²) in [5.74, 6) is 0.0176. The van der Waals surface area contributed by atoms with Crippen molar-refractivity contribution in [2.45, 2.75) is 27.7 Å². The van der Waals surface area contributed by atoms with Gasteiger partial charge < -0.3 is 10.6 Å². The maximum absolute atomic E-state index is 12.6. The van der Waals surface area contributed by atoms with E-state index < -0.39 is 0 Å². The molecule has 1 aromatic carbocycles. The zero-order valence-corrected chi connectivity index (χ0v) is 12.9. The van der Waals surface area contributed by atoms with Gasteiger partial charge in [0.15, 0.2) is 0 Å². The monoisotopic (exact) mass is 282 g/mol. The first-order chi connectivity index (χ1) is 8.82. The number of carbonyl (C=O) groups excluding carboxylic acids is 1. The fourth-order valence-electron chi connectivity index (χ4n) is 1.92. The molecule has 4 heteroatoms. The topological polar surface area (TPSA) is 46.3 Å². The van der Waals surface area contributed by atoms with Crippen LogP contribution in [-0.2, 0) is 0 Å². The summed E-state index contributed by atoms with van der Waals surface area (Å²) in [5.41, 5.74) is 7.16. The smallest absolute Gasteiger partial charge is 0.254 e. The maximum Gasteiger partial charge on any atom is 0.254 e. The van der Waals surface area contributed by atoms with Crippen LogP contribution in [0.4, 0.5) is 0 Å². The maximum atomic E-state index is 12.6. The third kappa shape index (κ3) is 3.95. The van der Waals surface area contributed by atoms with E-state index in [4.69, 9.17) is 17.3 Å². The van der Waals surface area contributed by atoms with Crippen LogP contribution in [0.3, 0.4) is 0 Å². The molecular weight excluding hydrogens is 260 g/mol. The van der Waals surface area contributed by atoms with Gasteiger partial charge in [0.05, 0.1) is 0 Å². The van der Waals surface area contributed by atoms with Crippen LogP contribution in [0.1, 0.15) is 36.7 Å². The Morgan fingerprint density at radius 3 is 2.58 bits per heavy atom. The number of carbonyl (C=O) groups is 1. The first-order valence-corrected chi connectivity index (χ1v) is 6.94. The summed E-state index contributed by atoms with van der Waals surface area (Å²) in [6.45, 7) is 9.83. The van der Waals surface area contributed by atoms with E-state index in [2.05, 4.69) is 13.8 Å². The van der Waals surface area contributed by atoms with Crippen LogP contribution in [0.15, 0.2) is 18.2 Å². The van der Waals surface area contributed by atoms with Crippen molar-refractivity contribution in [2.75, 3.05) is 19.6 Å². The third-order valence-corrected chi connectivity index (χ3v) is 3.75. The lowest BCUT2D eigenvalue weighted by molar-refractivity contribution is 0.0700. The number of hydrogen-bond acceptors (Lipinski definition) is 2. The van der Waals surface area contributed by atoms with E-state index in [1.807, 2.05) is 30.9 Å². The van der Waals surface area contributed by atoms with Gasteiger partial charge in [-0.3, -0.25) is 4.79 Å². The van der Waals surface area contributed by atoms with E-state index in [1.165, 1.54) is 0 Å². The second-order valence-corrected chi connectivity index (χ2v) is 6.01. The van der Waals surface area contributed by atoms with Crippen molar-refractivity contribution in [3.8, 4) is 0 Å². The van der Waals surface area contributed by atoms with Crippen LogP contribution in [0, 0.1) is 12.3 Å². The van der Waals surface area contributed by atoms with Gasteiger partial charge in [0.2, 0.25) is 0 Å². The van der Waals surface area contributed by atoms with Gasteiger partial charge in [-0.25, -0.2) is 0 Å². The van der Waals surface area contributed by atoms with Crippen molar-refractivity contribution in [1.82, 2.24) is 4.90 Å². The first-order valence-electron chi connectivity index (χ1n) is 6.57. The standard InChI is InChI=1S/C15H23ClN2O/c1-5-18(10-15(3,4)9-17)14(19)12-7-6-8-13(16)11(12)2/h6-8H,5,9-10,17H2,1-4H3. The summed E-state index contributed by atoms with van der Waals surface area (Å²) in [4.78, 5) is 14.4. The Balaban J connectivity index is 2.99. The molecular formula is C15H23ClN2O. The highest BCUT2D eigenvalue weighted by atomic mass is 35.5. The first kappa shape index (κ1) is 16.0. The lowest BCUT2D eigenvalue weighted by Gasteiger charge is -2.31. The molecule has 106 valence electrons. The van der Waals surface area contributed by atoms with Crippen molar-refractivity contribution in [2.24, 2.45) is 11.1 Å². The minimum absolute atomic E-state index is 0.0176. The van der Waals surface area contributed by atoms with E-state index in [9.17, 15) is 4.79 Å². The number of amides is 1. The number of nitrogens with zero attached hydrogens (tertiary/aromatic N) is 1. The van der Waals surface area contributed by atoms with Crippen LogP contribution < -0.4 is 5.73 Å². The third-order valence-electron chi connectivity index (χ3n) is 3.34. The Hall–Kier alpha value is -1.06. The largest absolute Gasteiger partial charge is 0.338 e. The highest BCUT2D eigenvalue weighted by Crippen LogP contribution is 2.22. The highest BCUT2D eigenvalue weighted by molar-refractivity contribution is 6.31. The SMILES string of the molecule is CCN(CC(C)(C)CN)C(=O)c1cccc(Cl)c1C. The predicted molar refractivity (Wildman–Crippen MR) is 80.6 cm³/mol. The minimum Gasteiger partial charge on any atom is -0.338 e. The molecule has 0 spiro atoms. The molecule has 2 N–H and O–H groups in total. The molecule has 0 atom stereocenters. The molecule has 0 unspecified atom stereocenters. The lowest BCUT2D eigenvalue weighted by atomic mass is 9.92. The summed E-state index contributed by atoms with van der Waals surface area (Å²) in [6, 6.07) is 5.43. The lowest BCUT2D eigenvalue weighted by Crippen LogP contribution is -2.42. The summed E-state index contributed by atoms with van der Waals surface area (Å²) < 4.78 is 0. The van der Waals surface area contributed by atoms with Crippen LogP contribution >= 0.6 is 11.6 Å². The molecule has 0 aliphatic heterocycles. The van der Waals surface area contributed by atoms with Gasteiger partial charge in [0.25, 0.3) is 5.91 Å². The van der Waals surface area contributed by atoms with Gasteiger partial charge in [0.1, 0.15) is 0 Å². The molecule has 3 nitrogen and oxygen atoms in total. The van der Waals surface area contributed by atoms with E-state index in [1.54, 1.807) is 6.07 Å². The van der Waals surface area contributed by atoms with E-state index in [-0.39, 0.29) is 11.3 Å². The van der Waals surface area contributed by atoms with Gasteiger partial charge in [-0.1, -0.05) is 31.5 Å². The predicted octanol–water partition coefficient (Wildman–Crippen LogP) is 3.10. The summed E-state index contributed by atoms with van der Waals surface area (Å²) in [5, 5.41) is 0.625. The molecule has 0 saturated heterocycles. The quantitative estimate of drug-likeness (QED) is 0.902. The number of halogens is 1. The van der Waals surface area contributed by atoms with Crippen molar-refractivity contribution < 1.29 is 4.79 Å². The molecule has 1 amide bonds. The molecule has 1 aromatic rings. The van der Waals surface area contributed by atoms with Crippen LogP contribution in [0.25, 0.3) is 0 Å². The molecule has 0 aromatic heterocycles. The molecule has 1 rings (SSSR count). The summed E-state index contributed by atoms with van der Waals surface area (Å²) >= 11 is 6.08. The van der Waals surface area contributed by atoms with Crippen molar-refractivity contribution >= 4 is 17.5 Å². The summed E-state index contributed by atoms with van der Waals surface area (Å²) in [6.07, 6.45) is 0. The van der Waals surface area contributed by atoms with Gasteiger partial charge in [-0.15, -0.1) is 0 Å². The van der Waals surface area contributed by atoms with Crippen molar-refractivity contribution in [3.63, 3.8) is 0 Å². The Labute approximate surface area is 120 Å². The second-order valence-electron chi connectivity index (χ2n) is 5.60. The normalized spacial score (nSPS) is 11.5. The molecule has 0 saturated carbocycles. The molecule has 0 radical (unpaired) electrons. The Kier molecular flexibility index (Phi) is 5.39. The fourth-order valence-corrected chi connectivity index (χ4v) is 2.09. The zero-order valence-electron chi connectivity index (χ0n) is 12.2. The summed E-state index contributed by atoms with van der Waals surface area (Å²) in [7, 11) is 0. The molecule has 0 aliphatic carbocycles. The Morgan fingerprint density at radius 1 is 1.42 bits per heavy atom. The van der Waals surface area contributed by atoms with E-state index >= 15 is 0 Å². The zero-order chi connectivity index (χ0) is 14.6. The van der Waals surface area contributed by atoms with Gasteiger partial charge in [0, 0.05) is 23.7 Å². The fraction of sp³-hybridized carbons (Fsp3) is 0.533. The molecule has 19 heavy (non-hydrogen) atoms. The average Bonchev–Trinajstić information content (AvgIpc) is 2.38. The Morgan fingerprint density at radius 2 is 2.05 bits per heavy atom. The van der Waals surface area contributed by atoms with Crippen LogP contribution in [0.2, 0.25) is 5.02 Å². The molecule has 0 heterocycles. The van der Waals surface area contributed by atoms with Crippen LogP contribution in [-0.4, -0.2) is 30.4 Å². The number of nitrogens with two attached hydrogens (primary N) is 1. The van der Waals surface area contributed by atoms with Gasteiger partial charge in [-0.05, 0) is 43.5 Å². The van der Waals surface area contributed by atoms with Crippen LogP contribution in [0.5, 0.6) is 0 Å². The van der Waals surface area contributed by atoms with E-state index in [0.717, 1.165) is 5.56 Å². The van der Waals surface area contributed by atoms with E-state index in [0.29, 0.717) is 30.2 Å². The Bertz CT molecular complexity index is 457. The van der Waals surface area contributed by atoms with Gasteiger partial charge in [-0.2, -0.15) is 0 Å². The number of hydrogen-bond donors (Lipinski definition) is 1. The minimum atomic E-state index is -0.0852. The number of rotatable bonds is 5. The average molecular weight is 283 g/mol. The van der Waals surface area contributed by atoms with Crippen molar-refractivity contribution in [1.29, 1.82) is 0 Å². The second kappa shape index (κ2) is 6.40.